The Bertz CT molecular complexity index is 589. The van der Waals surface area contributed by atoms with Gasteiger partial charge in [0.05, 0.1) is 11.3 Å². The number of alkyl halides is 3. The highest BCUT2D eigenvalue weighted by molar-refractivity contribution is 9.10. The average molecular weight is 365 g/mol. The molecule has 1 aromatic rings. The van der Waals surface area contributed by atoms with Gasteiger partial charge in [-0.2, -0.15) is 13.2 Å². The number of halogens is 4. The number of carbonyl (C=O) groups is 2. The third-order valence-corrected chi connectivity index (χ3v) is 3.84. The highest BCUT2D eigenvalue weighted by Gasteiger charge is 2.36. The maximum Gasteiger partial charge on any atom is 0.416 e. The highest BCUT2D eigenvalue weighted by atomic mass is 79.9. The molecule has 0 bridgehead atoms. The molecule has 0 aromatic heterocycles. The molecule has 0 aliphatic carbocycles. The van der Waals surface area contributed by atoms with Gasteiger partial charge in [-0.15, -0.1) is 0 Å². The Morgan fingerprint density at radius 2 is 2.05 bits per heavy atom. The van der Waals surface area contributed by atoms with Crippen LogP contribution in [0.15, 0.2) is 22.7 Å². The van der Waals surface area contributed by atoms with E-state index >= 15 is 0 Å². The van der Waals surface area contributed by atoms with Crippen molar-refractivity contribution in [2.24, 2.45) is 0 Å². The molecule has 114 valence electrons. The van der Waals surface area contributed by atoms with Gasteiger partial charge < -0.3 is 10.2 Å². The van der Waals surface area contributed by atoms with Gasteiger partial charge in [-0.05, 0) is 40.5 Å². The van der Waals surface area contributed by atoms with Crippen molar-refractivity contribution in [1.82, 2.24) is 5.32 Å². The molecule has 4 nitrogen and oxygen atoms in total. The van der Waals surface area contributed by atoms with Gasteiger partial charge in [0.1, 0.15) is 12.6 Å². The molecule has 2 rings (SSSR count). The summed E-state index contributed by atoms with van der Waals surface area (Å²) in [5, 5.41) is 2.51. The lowest BCUT2D eigenvalue weighted by Gasteiger charge is -2.33. The molecule has 21 heavy (non-hydrogen) atoms. The Balaban J connectivity index is 2.44. The van der Waals surface area contributed by atoms with E-state index in [2.05, 4.69) is 21.2 Å². The lowest BCUT2D eigenvalue weighted by molar-refractivity contribution is -0.137. The van der Waals surface area contributed by atoms with Crippen LogP contribution in [-0.4, -0.2) is 24.4 Å². The van der Waals surface area contributed by atoms with Crippen molar-refractivity contribution < 1.29 is 22.8 Å². The predicted molar refractivity (Wildman–Crippen MR) is 73.7 cm³/mol. The van der Waals surface area contributed by atoms with E-state index in [1.54, 1.807) is 6.92 Å². The minimum absolute atomic E-state index is 0.0446. The van der Waals surface area contributed by atoms with Crippen LogP contribution in [0.2, 0.25) is 0 Å². The average Bonchev–Trinajstić information content (AvgIpc) is 2.40. The third-order valence-electron chi connectivity index (χ3n) is 3.17. The molecule has 1 unspecified atom stereocenters. The molecule has 2 amide bonds. The van der Waals surface area contributed by atoms with Gasteiger partial charge in [0.2, 0.25) is 11.8 Å². The van der Waals surface area contributed by atoms with Crippen LogP contribution >= 0.6 is 15.9 Å². The van der Waals surface area contributed by atoms with Gasteiger partial charge in [-0.1, -0.05) is 6.92 Å². The van der Waals surface area contributed by atoms with Crippen LogP contribution in [0.1, 0.15) is 18.9 Å². The molecule has 1 heterocycles. The molecule has 1 atom stereocenters. The lowest BCUT2D eigenvalue weighted by Crippen LogP contribution is -2.58. The molecule has 0 radical (unpaired) electrons. The molecule has 1 aliphatic rings. The standard InChI is InChI=1S/C13H12BrF3N2O2/c1-2-9-12(21)19(6-11(20)18-9)10-5-7(13(15,16)17)3-4-8(10)14/h3-5,9H,2,6H2,1H3,(H,18,20). The van der Waals surface area contributed by atoms with Crippen LogP contribution in [0.3, 0.4) is 0 Å². The number of piperazine rings is 1. The summed E-state index contributed by atoms with van der Waals surface area (Å²) in [7, 11) is 0. The number of carbonyl (C=O) groups excluding carboxylic acids is 2. The number of anilines is 1. The van der Waals surface area contributed by atoms with E-state index in [1.165, 1.54) is 6.07 Å². The molecule has 1 saturated heterocycles. The normalized spacial score (nSPS) is 19.7. The van der Waals surface area contributed by atoms with E-state index in [-0.39, 0.29) is 12.2 Å². The van der Waals surface area contributed by atoms with Crippen molar-refractivity contribution in [2.45, 2.75) is 25.6 Å². The first kappa shape index (κ1) is 15.8. The maximum absolute atomic E-state index is 12.8. The molecule has 1 aliphatic heterocycles. The minimum Gasteiger partial charge on any atom is -0.343 e. The van der Waals surface area contributed by atoms with E-state index in [9.17, 15) is 22.8 Å². The second kappa shape index (κ2) is 5.67. The first-order valence-corrected chi connectivity index (χ1v) is 7.00. The van der Waals surface area contributed by atoms with Crippen LogP contribution in [0.5, 0.6) is 0 Å². The number of benzene rings is 1. The van der Waals surface area contributed by atoms with Gasteiger partial charge in [0.25, 0.3) is 0 Å². The first-order valence-electron chi connectivity index (χ1n) is 6.21. The zero-order valence-electron chi connectivity index (χ0n) is 11.0. The zero-order chi connectivity index (χ0) is 15.8. The van der Waals surface area contributed by atoms with Crippen LogP contribution in [0, 0.1) is 0 Å². The van der Waals surface area contributed by atoms with Crippen molar-refractivity contribution >= 4 is 33.4 Å². The van der Waals surface area contributed by atoms with Crippen molar-refractivity contribution in [3.05, 3.63) is 28.2 Å². The second-order valence-electron chi connectivity index (χ2n) is 4.62. The van der Waals surface area contributed by atoms with E-state index in [4.69, 9.17) is 0 Å². The summed E-state index contributed by atoms with van der Waals surface area (Å²) in [6, 6.07) is 2.29. The quantitative estimate of drug-likeness (QED) is 0.876. The van der Waals surface area contributed by atoms with Crippen molar-refractivity contribution in [1.29, 1.82) is 0 Å². The van der Waals surface area contributed by atoms with Gasteiger partial charge in [-0.3, -0.25) is 9.59 Å². The smallest absolute Gasteiger partial charge is 0.343 e. The fourth-order valence-corrected chi connectivity index (χ4v) is 2.55. The summed E-state index contributed by atoms with van der Waals surface area (Å²) in [4.78, 5) is 24.9. The Hall–Kier alpha value is -1.57. The summed E-state index contributed by atoms with van der Waals surface area (Å²) in [6.45, 7) is 1.42. The molecule has 1 aromatic carbocycles. The monoisotopic (exact) mass is 364 g/mol. The third kappa shape index (κ3) is 3.20. The van der Waals surface area contributed by atoms with E-state index < -0.39 is 29.6 Å². The predicted octanol–water partition coefficient (Wildman–Crippen LogP) is 2.71. The Kier molecular flexibility index (Phi) is 4.27. The van der Waals surface area contributed by atoms with Crippen molar-refractivity contribution in [2.75, 3.05) is 11.4 Å². The van der Waals surface area contributed by atoms with Crippen LogP contribution in [0.25, 0.3) is 0 Å². The number of rotatable bonds is 2. The largest absolute Gasteiger partial charge is 0.416 e. The lowest BCUT2D eigenvalue weighted by atomic mass is 10.1. The Morgan fingerprint density at radius 1 is 1.38 bits per heavy atom. The molecule has 0 spiro atoms. The maximum atomic E-state index is 12.8. The van der Waals surface area contributed by atoms with E-state index in [0.717, 1.165) is 17.0 Å². The second-order valence-corrected chi connectivity index (χ2v) is 5.47. The number of hydrogen-bond acceptors (Lipinski definition) is 2. The summed E-state index contributed by atoms with van der Waals surface area (Å²) in [5.41, 5.74) is -0.823. The molecule has 1 fully saturated rings. The summed E-state index contributed by atoms with van der Waals surface area (Å²) in [6.07, 6.45) is -4.14. The van der Waals surface area contributed by atoms with Gasteiger partial charge >= 0.3 is 6.18 Å². The number of nitrogens with one attached hydrogen (secondary N) is 1. The van der Waals surface area contributed by atoms with Gasteiger partial charge in [0.15, 0.2) is 0 Å². The summed E-state index contributed by atoms with van der Waals surface area (Å²) < 4.78 is 38.7. The number of nitrogens with zero attached hydrogens (tertiary/aromatic N) is 1. The van der Waals surface area contributed by atoms with Crippen molar-refractivity contribution in [3.63, 3.8) is 0 Å². The van der Waals surface area contributed by atoms with Crippen LogP contribution < -0.4 is 10.2 Å². The van der Waals surface area contributed by atoms with Crippen LogP contribution in [0.4, 0.5) is 18.9 Å². The summed E-state index contributed by atoms with van der Waals surface area (Å²) >= 11 is 3.13. The van der Waals surface area contributed by atoms with E-state index in [1.807, 2.05) is 0 Å². The van der Waals surface area contributed by atoms with E-state index in [0.29, 0.717) is 10.9 Å². The highest BCUT2D eigenvalue weighted by Crippen LogP contribution is 2.36. The fraction of sp³-hybridized carbons (Fsp3) is 0.385. The van der Waals surface area contributed by atoms with Crippen molar-refractivity contribution in [3.8, 4) is 0 Å². The zero-order valence-corrected chi connectivity index (χ0v) is 12.6. The molecule has 0 saturated carbocycles. The topological polar surface area (TPSA) is 49.4 Å². The molecular weight excluding hydrogens is 353 g/mol. The number of hydrogen-bond donors (Lipinski definition) is 1. The molecular formula is C13H12BrF3N2O2. The molecule has 1 N–H and O–H groups in total. The molecule has 8 heteroatoms. The Labute approximate surface area is 127 Å². The van der Waals surface area contributed by atoms with Crippen LogP contribution in [-0.2, 0) is 15.8 Å². The summed E-state index contributed by atoms with van der Waals surface area (Å²) in [5.74, 6) is -0.817. The van der Waals surface area contributed by atoms with Gasteiger partial charge in [0, 0.05) is 4.47 Å². The first-order chi connectivity index (χ1) is 9.74. The van der Waals surface area contributed by atoms with Gasteiger partial charge in [-0.25, -0.2) is 0 Å². The Morgan fingerprint density at radius 3 is 2.62 bits per heavy atom. The SMILES string of the molecule is CCC1NC(=O)CN(c2cc(C(F)(F)F)ccc2Br)C1=O. The fourth-order valence-electron chi connectivity index (χ4n) is 2.09. The number of amides is 2. The minimum atomic E-state index is -4.51.